The van der Waals surface area contributed by atoms with E-state index >= 15 is 0 Å². The van der Waals surface area contributed by atoms with Crippen LogP contribution in [0.5, 0.6) is 0 Å². The maximum absolute atomic E-state index is 4.38. The lowest BCUT2D eigenvalue weighted by Gasteiger charge is -2.22. The third-order valence-electron chi connectivity index (χ3n) is 2.57. The third-order valence-corrected chi connectivity index (χ3v) is 2.57. The van der Waals surface area contributed by atoms with Gasteiger partial charge >= 0.3 is 0 Å². The fraction of sp³-hybridized carbons (Fsp3) is 0.545. The molecule has 0 saturated carbocycles. The zero-order chi connectivity index (χ0) is 10.3. The number of nitrogens with zero attached hydrogens (tertiary/aromatic N) is 2. The predicted molar refractivity (Wildman–Crippen MR) is 62.2 cm³/mol. The molecule has 15 heavy (non-hydrogen) atoms. The Kier molecular flexibility index (Phi) is 3.93. The summed E-state index contributed by atoms with van der Waals surface area (Å²) < 4.78 is 0. The molecule has 4 heteroatoms. The van der Waals surface area contributed by atoms with Crippen molar-refractivity contribution in [1.82, 2.24) is 15.6 Å². The second kappa shape index (κ2) is 5.68. The van der Waals surface area contributed by atoms with Gasteiger partial charge in [-0.15, -0.1) is 0 Å². The van der Waals surface area contributed by atoms with Crippen molar-refractivity contribution in [3.8, 4) is 0 Å². The van der Waals surface area contributed by atoms with Gasteiger partial charge in [0.25, 0.3) is 0 Å². The average molecular weight is 206 g/mol. The van der Waals surface area contributed by atoms with Crippen LogP contribution in [0.25, 0.3) is 0 Å². The Morgan fingerprint density at radius 3 is 2.33 bits per heavy atom. The minimum Gasteiger partial charge on any atom is -0.354 e. The van der Waals surface area contributed by atoms with Gasteiger partial charge in [0, 0.05) is 45.5 Å². The van der Waals surface area contributed by atoms with Crippen molar-refractivity contribution in [2.24, 2.45) is 0 Å². The molecule has 1 aliphatic heterocycles. The van der Waals surface area contributed by atoms with Crippen LogP contribution in [0.4, 0.5) is 5.82 Å². The van der Waals surface area contributed by atoms with Crippen LogP contribution < -0.4 is 15.5 Å². The molecule has 1 saturated heterocycles. The van der Waals surface area contributed by atoms with Crippen LogP contribution in [0.2, 0.25) is 0 Å². The first-order chi connectivity index (χ1) is 7.47. The zero-order valence-corrected chi connectivity index (χ0v) is 8.95. The summed E-state index contributed by atoms with van der Waals surface area (Å²) in [5.41, 5.74) is 0. The van der Waals surface area contributed by atoms with Crippen LogP contribution >= 0.6 is 0 Å². The molecule has 1 fully saturated rings. The number of anilines is 1. The molecule has 4 nitrogen and oxygen atoms in total. The molecule has 0 atom stereocenters. The van der Waals surface area contributed by atoms with Gasteiger partial charge in [-0.1, -0.05) is 6.07 Å². The summed E-state index contributed by atoms with van der Waals surface area (Å²) in [4.78, 5) is 6.69. The van der Waals surface area contributed by atoms with E-state index in [1.165, 1.54) is 0 Å². The van der Waals surface area contributed by atoms with Crippen molar-refractivity contribution >= 4 is 5.82 Å². The highest BCUT2D eigenvalue weighted by atomic mass is 15.2. The number of rotatable bonds is 1. The van der Waals surface area contributed by atoms with E-state index in [1.54, 1.807) is 0 Å². The summed E-state index contributed by atoms with van der Waals surface area (Å²) >= 11 is 0. The molecule has 0 aliphatic carbocycles. The highest BCUT2D eigenvalue weighted by Gasteiger charge is 2.07. The standard InChI is InChI=1S/C11H18N4/c1-2-4-14-11(3-1)15-9-7-12-5-6-13-8-10-15/h1-4,12-13H,5-10H2. The zero-order valence-electron chi connectivity index (χ0n) is 8.95. The molecular weight excluding hydrogens is 188 g/mol. The predicted octanol–water partition coefficient (Wildman–Crippen LogP) is 0.0808. The number of hydrogen-bond donors (Lipinski definition) is 2. The van der Waals surface area contributed by atoms with Crippen LogP contribution in [0.3, 0.4) is 0 Å². The number of nitrogens with one attached hydrogen (secondary N) is 2. The fourth-order valence-corrected chi connectivity index (χ4v) is 1.74. The second-order valence-electron chi connectivity index (χ2n) is 3.67. The monoisotopic (exact) mass is 206 g/mol. The van der Waals surface area contributed by atoms with E-state index in [0.717, 1.165) is 45.1 Å². The molecule has 2 rings (SSSR count). The number of hydrogen-bond acceptors (Lipinski definition) is 4. The largest absolute Gasteiger partial charge is 0.354 e. The van der Waals surface area contributed by atoms with Crippen LogP contribution in [-0.2, 0) is 0 Å². The van der Waals surface area contributed by atoms with Gasteiger partial charge in [-0.3, -0.25) is 0 Å². The summed E-state index contributed by atoms with van der Waals surface area (Å²) in [5.74, 6) is 1.07. The first kappa shape index (κ1) is 10.4. The molecule has 0 spiro atoms. The van der Waals surface area contributed by atoms with Crippen molar-refractivity contribution in [3.05, 3.63) is 24.4 Å². The smallest absolute Gasteiger partial charge is 0.128 e. The Labute approximate surface area is 90.7 Å². The van der Waals surface area contributed by atoms with E-state index in [9.17, 15) is 0 Å². The minimum absolute atomic E-state index is 1.03. The normalized spacial score (nSPS) is 19.1. The Morgan fingerprint density at radius 1 is 1.00 bits per heavy atom. The molecule has 2 N–H and O–H groups in total. The average Bonchev–Trinajstić information content (AvgIpc) is 2.43. The minimum atomic E-state index is 1.03. The Hall–Kier alpha value is -1.13. The second-order valence-corrected chi connectivity index (χ2v) is 3.67. The van der Waals surface area contributed by atoms with Crippen molar-refractivity contribution in [2.45, 2.75) is 0 Å². The maximum Gasteiger partial charge on any atom is 0.128 e. The van der Waals surface area contributed by atoms with E-state index in [4.69, 9.17) is 0 Å². The molecule has 2 heterocycles. The van der Waals surface area contributed by atoms with Crippen LogP contribution in [-0.4, -0.2) is 44.3 Å². The van der Waals surface area contributed by atoms with Crippen LogP contribution in [0.1, 0.15) is 0 Å². The number of pyridine rings is 1. The summed E-state index contributed by atoms with van der Waals surface area (Å²) in [7, 11) is 0. The molecule has 0 radical (unpaired) electrons. The lowest BCUT2D eigenvalue weighted by Crippen LogP contribution is -2.34. The molecule has 0 unspecified atom stereocenters. The van der Waals surface area contributed by atoms with Crippen molar-refractivity contribution < 1.29 is 0 Å². The van der Waals surface area contributed by atoms with Crippen LogP contribution in [0.15, 0.2) is 24.4 Å². The molecule has 0 amide bonds. The summed E-state index contributed by atoms with van der Waals surface area (Å²) in [6.45, 7) is 6.21. The van der Waals surface area contributed by atoms with Crippen LogP contribution in [0, 0.1) is 0 Å². The van der Waals surface area contributed by atoms with E-state index < -0.39 is 0 Å². The summed E-state index contributed by atoms with van der Waals surface area (Å²) in [6.07, 6.45) is 1.85. The SMILES string of the molecule is c1ccc(N2CCNCCNCC2)nc1. The summed E-state index contributed by atoms with van der Waals surface area (Å²) in [6, 6.07) is 6.06. The molecule has 82 valence electrons. The van der Waals surface area contributed by atoms with Gasteiger partial charge in [0.05, 0.1) is 0 Å². The molecule has 1 aromatic rings. The number of aromatic nitrogens is 1. The molecule has 1 aromatic heterocycles. The Morgan fingerprint density at radius 2 is 1.73 bits per heavy atom. The van der Waals surface area contributed by atoms with Gasteiger partial charge in [0.15, 0.2) is 0 Å². The van der Waals surface area contributed by atoms with Crippen molar-refractivity contribution in [2.75, 3.05) is 44.2 Å². The lowest BCUT2D eigenvalue weighted by atomic mass is 10.4. The summed E-state index contributed by atoms with van der Waals surface area (Å²) in [5, 5.41) is 6.79. The highest BCUT2D eigenvalue weighted by Crippen LogP contribution is 2.07. The maximum atomic E-state index is 4.38. The Bertz CT molecular complexity index is 265. The first-order valence-electron chi connectivity index (χ1n) is 5.54. The van der Waals surface area contributed by atoms with E-state index in [2.05, 4.69) is 26.6 Å². The molecular formula is C11H18N4. The lowest BCUT2D eigenvalue weighted by molar-refractivity contribution is 0.652. The van der Waals surface area contributed by atoms with Gasteiger partial charge in [0.2, 0.25) is 0 Å². The fourth-order valence-electron chi connectivity index (χ4n) is 1.74. The van der Waals surface area contributed by atoms with Crippen molar-refractivity contribution in [3.63, 3.8) is 0 Å². The first-order valence-corrected chi connectivity index (χ1v) is 5.54. The quantitative estimate of drug-likeness (QED) is 0.683. The molecule has 1 aliphatic rings. The van der Waals surface area contributed by atoms with Crippen molar-refractivity contribution in [1.29, 1.82) is 0 Å². The van der Waals surface area contributed by atoms with Gasteiger partial charge < -0.3 is 15.5 Å². The third kappa shape index (κ3) is 3.18. The van der Waals surface area contributed by atoms with Gasteiger partial charge in [-0.25, -0.2) is 4.98 Å². The van der Waals surface area contributed by atoms with Gasteiger partial charge in [0.1, 0.15) is 5.82 Å². The van der Waals surface area contributed by atoms with E-state index in [-0.39, 0.29) is 0 Å². The topological polar surface area (TPSA) is 40.2 Å². The Balaban J connectivity index is 1.99. The highest BCUT2D eigenvalue weighted by molar-refractivity contribution is 5.37. The molecule has 0 bridgehead atoms. The van der Waals surface area contributed by atoms with E-state index in [0.29, 0.717) is 0 Å². The van der Waals surface area contributed by atoms with Gasteiger partial charge in [-0.05, 0) is 12.1 Å². The van der Waals surface area contributed by atoms with E-state index in [1.807, 2.05) is 18.3 Å². The van der Waals surface area contributed by atoms with Gasteiger partial charge in [-0.2, -0.15) is 0 Å². The molecule has 0 aromatic carbocycles.